The molecular weight excluding hydrogens is 94.0 g/mol. The number of hydrogen-bond donors (Lipinski definition) is 1. The van der Waals surface area contributed by atoms with Crippen molar-refractivity contribution in [3.05, 3.63) is 0 Å². The van der Waals surface area contributed by atoms with E-state index >= 15 is 0 Å². The molecule has 0 bridgehead atoms. The zero-order chi connectivity index (χ0) is 5.86. The first-order chi connectivity index (χ1) is 3.13. The van der Waals surface area contributed by atoms with Gasteiger partial charge in [0.1, 0.15) is 5.78 Å². The SMILES string of the molecule is CC(=O)CN(C)O. The largest absolute Gasteiger partial charge is 0.314 e. The van der Waals surface area contributed by atoms with Gasteiger partial charge in [-0.3, -0.25) is 4.79 Å². The molecule has 0 radical (unpaired) electrons. The average Bonchev–Trinajstić information content (AvgIpc) is 1.27. The molecule has 0 rings (SSSR count). The molecule has 0 aromatic carbocycles. The highest BCUT2D eigenvalue weighted by atomic mass is 16.5. The van der Waals surface area contributed by atoms with Crippen molar-refractivity contribution >= 4 is 5.78 Å². The third-order valence-electron chi connectivity index (χ3n) is 0.451. The average molecular weight is 103 g/mol. The molecule has 0 unspecified atom stereocenters. The van der Waals surface area contributed by atoms with E-state index in [-0.39, 0.29) is 12.3 Å². The Morgan fingerprint density at radius 1 is 1.86 bits per heavy atom. The number of hydroxylamine groups is 2. The van der Waals surface area contributed by atoms with Gasteiger partial charge < -0.3 is 5.21 Å². The maximum absolute atomic E-state index is 10.1. The van der Waals surface area contributed by atoms with Crippen LogP contribution in [0.25, 0.3) is 0 Å². The van der Waals surface area contributed by atoms with E-state index < -0.39 is 0 Å². The number of rotatable bonds is 2. The summed E-state index contributed by atoms with van der Waals surface area (Å²) in [5, 5.41) is 9.18. The number of ketones is 1. The van der Waals surface area contributed by atoms with E-state index in [2.05, 4.69) is 0 Å². The van der Waals surface area contributed by atoms with Crippen LogP contribution in [-0.2, 0) is 4.79 Å². The number of nitrogens with zero attached hydrogens (tertiary/aromatic N) is 1. The number of hydrogen-bond acceptors (Lipinski definition) is 3. The third-order valence-corrected chi connectivity index (χ3v) is 0.451. The molecule has 7 heavy (non-hydrogen) atoms. The fraction of sp³-hybridized carbons (Fsp3) is 0.750. The predicted octanol–water partition coefficient (Wildman–Crippen LogP) is -0.104. The molecule has 0 aromatic heterocycles. The van der Waals surface area contributed by atoms with Gasteiger partial charge in [0.2, 0.25) is 0 Å². The van der Waals surface area contributed by atoms with Gasteiger partial charge in [-0.2, -0.15) is 5.06 Å². The third kappa shape index (κ3) is 5.59. The van der Waals surface area contributed by atoms with Crippen molar-refractivity contribution in [3.8, 4) is 0 Å². The lowest BCUT2D eigenvalue weighted by Gasteiger charge is -2.01. The smallest absolute Gasteiger partial charge is 0.146 e. The van der Waals surface area contributed by atoms with Crippen molar-refractivity contribution in [2.45, 2.75) is 6.92 Å². The molecular formula is C4H9NO2. The van der Waals surface area contributed by atoms with Crippen molar-refractivity contribution in [2.24, 2.45) is 0 Å². The highest BCUT2D eigenvalue weighted by Gasteiger charge is 1.93. The summed E-state index contributed by atoms with van der Waals surface area (Å²) in [4.78, 5) is 10.1. The van der Waals surface area contributed by atoms with Crippen LogP contribution in [0.4, 0.5) is 0 Å². The summed E-state index contributed by atoms with van der Waals surface area (Å²) in [6.45, 7) is 1.53. The van der Waals surface area contributed by atoms with Crippen LogP contribution in [0.1, 0.15) is 6.92 Å². The van der Waals surface area contributed by atoms with Crippen LogP contribution in [0.3, 0.4) is 0 Å². The van der Waals surface area contributed by atoms with Crippen LogP contribution in [0.5, 0.6) is 0 Å². The van der Waals surface area contributed by atoms with Gasteiger partial charge in [-0.1, -0.05) is 0 Å². The number of Topliss-reactive ketones (excluding diaryl/α,β-unsaturated/α-hetero) is 1. The van der Waals surface area contributed by atoms with Crippen molar-refractivity contribution in [1.29, 1.82) is 0 Å². The topological polar surface area (TPSA) is 40.5 Å². The highest BCUT2D eigenvalue weighted by Crippen LogP contribution is 1.71. The monoisotopic (exact) mass is 103 g/mol. The van der Waals surface area contributed by atoms with Crippen LogP contribution in [0.2, 0.25) is 0 Å². The molecule has 0 saturated carbocycles. The van der Waals surface area contributed by atoms with Gasteiger partial charge in [0.05, 0.1) is 6.54 Å². The van der Waals surface area contributed by atoms with Crippen molar-refractivity contribution in [1.82, 2.24) is 5.06 Å². The highest BCUT2D eigenvalue weighted by molar-refractivity contribution is 5.77. The van der Waals surface area contributed by atoms with Crippen molar-refractivity contribution in [3.63, 3.8) is 0 Å². The second-order valence-corrected chi connectivity index (χ2v) is 1.52. The lowest BCUT2D eigenvalue weighted by atomic mass is 10.4. The van der Waals surface area contributed by atoms with Crippen LogP contribution in [-0.4, -0.2) is 29.6 Å². The molecule has 0 saturated heterocycles. The summed E-state index contributed by atoms with van der Waals surface area (Å²) in [6, 6.07) is 0. The molecule has 3 nitrogen and oxygen atoms in total. The second-order valence-electron chi connectivity index (χ2n) is 1.52. The zero-order valence-electron chi connectivity index (χ0n) is 4.51. The molecule has 3 heteroatoms. The Labute approximate surface area is 42.5 Å². The molecule has 0 aromatic rings. The minimum absolute atomic E-state index is 0.0370. The van der Waals surface area contributed by atoms with E-state index in [4.69, 9.17) is 5.21 Å². The lowest BCUT2D eigenvalue weighted by molar-refractivity contribution is -0.128. The quantitative estimate of drug-likeness (QED) is 0.496. The minimum Gasteiger partial charge on any atom is -0.314 e. The molecule has 0 aliphatic carbocycles. The van der Waals surface area contributed by atoms with E-state index in [1.54, 1.807) is 0 Å². The summed E-state index contributed by atoms with van der Waals surface area (Å²) in [6.07, 6.45) is 0. The van der Waals surface area contributed by atoms with Crippen LogP contribution in [0.15, 0.2) is 0 Å². The van der Waals surface area contributed by atoms with E-state index in [0.29, 0.717) is 0 Å². The van der Waals surface area contributed by atoms with Gasteiger partial charge >= 0.3 is 0 Å². The first-order valence-electron chi connectivity index (χ1n) is 2.02. The Morgan fingerprint density at radius 2 is 2.29 bits per heavy atom. The van der Waals surface area contributed by atoms with Gasteiger partial charge in [0.15, 0.2) is 0 Å². The maximum Gasteiger partial charge on any atom is 0.146 e. The Balaban J connectivity index is 3.13. The van der Waals surface area contributed by atoms with E-state index in [9.17, 15) is 4.79 Å². The molecule has 0 heterocycles. The molecule has 0 fully saturated rings. The molecule has 0 aliphatic rings. The van der Waals surface area contributed by atoms with Crippen LogP contribution < -0.4 is 0 Å². The number of carbonyl (C=O) groups excluding carboxylic acids is 1. The van der Waals surface area contributed by atoms with Crippen LogP contribution in [0, 0.1) is 0 Å². The predicted molar refractivity (Wildman–Crippen MR) is 25.1 cm³/mol. The van der Waals surface area contributed by atoms with Crippen molar-refractivity contribution in [2.75, 3.05) is 13.6 Å². The molecule has 0 amide bonds. The summed E-state index contributed by atoms with van der Waals surface area (Å²) in [5.41, 5.74) is 0. The van der Waals surface area contributed by atoms with Gasteiger partial charge in [-0.25, -0.2) is 0 Å². The Hall–Kier alpha value is -0.410. The van der Waals surface area contributed by atoms with Gasteiger partial charge in [-0.15, -0.1) is 0 Å². The molecule has 0 atom stereocenters. The summed E-state index contributed by atoms with van der Waals surface area (Å²) in [5.74, 6) is -0.0370. The summed E-state index contributed by atoms with van der Waals surface area (Å²) < 4.78 is 0. The first kappa shape index (κ1) is 6.59. The van der Waals surface area contributed by atoms with Gasteiger partial charge in [-0.05, 0) is 6.92 Å². The fourth-order valence-electron chi connectivity index (χ4n) is 0.322. The second kappa shape index (κ2) is 2.71. The van der Waals surface area contributed by atoms with E-state index in [1.165, 1.54) is 14.0 Å². The van der Waals surface area contributed by atoms with Gasteiger partial charge in [0, 0.05) is 7.05 Å². The molecule has 0 aliphatic heterocycles. The number of likely N-dealkylation sites (N-methyl/N-ethyl adjacent to an activating group) is 1. The first-order valence-corrected chi connectivity index (χ1v) is 2.02. The van der Waals surface area contributed by atoms with Gasteiger partial charge in [0.25, 0.3) is 0 Å². The normalized spacial score (nSPS) is 9.71. The molecule has 1 N–H and O–H groups in total. The molecule has 42 valence electrons. The van der Waals surface area contributed by atoms with Crippen molar-refractivity contribution < 1.29 is 10.0 Å². The van der Waals surface area contributed by atoms with Crippen LogP contribution >= 0.6 is 0 Å². The standard InChI is InChI=1S/C4H9NO2/c1-4(6)3-5(2)7/h7H,3H2,1-2H3. The maximum atomic E-state index is 10.1. The fourth-order valence-corrected chi connectivity index (χ4v) is 0.322. The summed E-state index contributed by atoms with van der Waals surface area (Å²) >= 11 is 0. The van der Waals surface area contributed by atoms with E-state index in [0.717, 1.165) is 5.06 Å². The minimum atomic E-state index is -0.0370. The number of carbonyl (C=O) groups is 1. The summed E-state index contributed by atoms with van der Waals surface area (Å²) in [7, 11) is 1.43. The Morgan fingerprint density at radius 3 is 2.29 bits per heavy atom. The van der Waals surface area contributed by atoms with E-state index in [1.807, 2.05) is 0 Å². The Bertz CT molecular complexity index is 70.1. The zero-order valence-corrected chi connectivity index (χ0v) is 4.51. The lowest BCUT2D eigenvalue weighted by Crippen LogP contribution is -2.19. The molecule has 0 spiro atoms. The Kier molecular flexibility index (Phi) is 2.55.